The molecule has 0 unspecified atom stereocenters. The van der Waals surface area contributed by atoms with Gasteiger partial charge in [-0.3, -0.25) is 4.79 Å². The van der Waals surface area contributed by atoms with E-state index in [1.807, 2.05) is 31.2 Å². The fourth-order valence-corrected chi connectivity index (χ4v) is 4.51. The number of benzene rings is 3. The Bertz CT molecular complexity index is 1060. The zero-order valence-corrected chi connectivity index (χ0v) is 15.6. The van der Waals surface area contributed by atoms with Gasteiger partial charge in [0.1, 0.15) is 0 Å². The molecule has 25 heavy (non-hydrogen) atoms. The molecule has 0 radical (unpaired) electrons. The molecule has 0 spiro atoms. The summed E-state index contributed by atoms with van der Waals surface area (Å²) < 4.78 is 0. The monoisotopic (exact) mass is 393 g/mol. The molecule has 0 aromatic heterocycles. The van der Waals surface area contributed by atoms with Crippen LogP contribution in [0.1, 0.15) is 22.3 Å². The lowest BCUT2D eigenvalue weighted by molar-refractivity contribution is 0.0991. The van der Waals surface area contributed by atoms with Gasteiger partial charge in [-0.05, 0) is 29.7 Å². The van der Waals surface area contributed by atoms with E-state index in [1.165, 1.54) is 0 Å². The van der Waals surface area contributed by atoms with Crippen molar-refractivity contribution in [2.24, 2.45) is 0 Å². The standard InChI is InChI=1S/C19H14Cl3NO2/c1-9-10-5-2-3-6-11(10)12-13-14(16(21)17(22)15(12)20)19(25)23(18(9)13)7-4-8-24/h2-3,5-6,24H,4,7-8H2,1H3. The minimum Gasteiger partial charge on any atom is -0.396 e. The van der Waals surface area contributed by atoms with Crippen LogP contribution in [0.2, 0.25) is 15.1 Å². The number of hydrogen-bond acceptors (Lipinski definition) is 2. The number of amides is 1. The molecular weight excluding hydrogens is 381 g/mol. The predicted molar refractivity (Wildman–Crippen MR) is 105 cm³/mol. The SMILES string of the molecule is Cc1c2c3c(c(Cl)c(Cl)c(Cl)c3c3ccccc13)C(=O)N2CCCO. The number of halogens is 3. The van der Waals surface area contributed by atoms with E-state index in [9.17, 15) is 9.90 Å². The maximum atomic E-state index is 13.1. The molecular formula is C19H14Cl3NO2. The van der Waals surface area contributed by atoms with E-state index >= 15 is 0 Å². The summed E-state index contributed by atoms with van der Waals surface area (Å²) in [6, 6.07) is 7.87. The summed E-state index contributed by atoms with van der Waals surface area (Å²) in [4.78, 5) is 14.7. The highest BCUT2D eigenvalue weighted by atomic mass is 35.5. The van der Waals surface area contributed by atoms with Gasteiger partial charge in [-0.15, -0.1) is 0 Å². The Hall–Kier alpha value is -1.52. The molecule has 6 heteroatoms. The Morgan fingerprint density at radius 1 is 1.00 bits per heavy atom. The molecule has 1 N–H and O–H groups in total. The molecule has 3 aromatic rings. The Balaban J connectivity index is 2.24. The number of anilines is 1. The van der Waals surface area contributed by atoms with Crippen molar-refractivity contribution in [3.05, 3.63) is 50.5 Å². The van der Waals surface area contributed by atoms with Crippen LogP contribution >= 0.6 is 34.8 Å². The van der Waals surface area contributed by atoms with Crippen molar-refractivity contribution in [3.63, 3.8) is 0 Å². The minimum atomic E-state index is -0.199. The summed E-state index contributed by atoms with van der Waals surface area (Å²) in [5.41, 5.74) is 2.19. The van der Waals surface area contributed by atoms with Crippen molar-refractivity contribution >= 4 is 67.9 Å². The highest BCUT2D eigenvalue weighted by Gasteiger charge is 2.36. The van der Waals surface area contributed by atoms with Gasteiger partial charge in [-0.25, -0.2) is 0 Å². The molecule has 1 aliphatic rings. The molecule has 4 rings (SSSR count). The quantitative estimate of drug-likeness (QED) is 0.464. The van der Waals surface area contributed by atoms with Gasteiger partial charge in [-0.1, -0.05) is 59.1 Å². The number of carbonyl (C=O) groups is 1. The van der Waals surface area contributed by atoms with Crippen LogP contribution in [0.3, 0.4) is 0 Å². The van der Waals surface area contributed by atoms with Gasteiger partial charge >= 0.3 is 0 Å². The largest absolute Gasteiger partial charge is 0.396 e. The minimum absolute atomic E-state index is 0.00510. The topological polar surface area (TPSA) is 40.5 Å². The molecule has 0 bridgehead atoms. The Morgan fingerprint density at radius 2 is 1.68 bits per heavy atom. The molecule has 1 heterocycles. The fourth-order valence-electron chi connectivity index (χ4n) is 3.71. The number of fused-ring (bicyclic) bond motifs is 2. The fraction of sp³-hybridized carbons (Fsp3) is 0.211. The molecule has 1 aliphatic heterocycles. The molecule has 0 atom stereocenters. The highest BCUT2D eigenvalue weighted by molar-refractivity contribution is 6.55. The van der Waals surface area contributed by atoms with Crippen molar-refractivity contribution in [3.8, 4) is 0 Å². The van der Waals surface area contributed by atoms with Crippen LogP contribution in [0, 0.1) is 6.92 Å². The molecule has 3 nitrogen and oxygen atoms in total. The molecule has 0 fully saturated rings. The zero-order valence-electron chi connectivity index (χ0n) is 13.4. The van der Waals surface area contributed by atoms with Gasteiger partial charge in [0, 0.05) is 23.9 Å². The van der Waals surface area contributed by atoms with E-state index in [1.54, 1.807) is 4.90 Å². The zero-order chi connectivity index (χ0) is 17.9. The van der Waals surface area contributed by atoms with Crippen molar-refractivity contribution in [1.29, 1.82) is 0 Å². The first kappa shape index (κ1) is 16.9. The second-order valence-corrected chi connectivity index (χ2v) is 7.25. The lowest BCUT2D eigenvalue weighted by atomic mass is 9.94. The Morgan fingerprint density at radius 3 is 2.36 bits per heavy atom. The normalized spacial score (nSPS) is 13.5. The summed E-state index contributed by atoms with van der Waals surface area (Å²) >= 11 is 19.3. The second kappa shape index (κ2) is 6.03. The number of aliphatic hydroxyl groups excluding tert-OH is 1. The van der Waals surface area contributed by atoms with Crippen LogP contribution in [0.15, 0.2) is 24.3 Å². The van der Waals surface area contributed by atoms with Crippen LogP contribution in [0.5, 0.6) is 0 Å². The third kappa shape index (κ3) is 2.20. The third-order valence-corrected chi connectivity index (χ3v) is 6.11. The number of aliphatic hydroxyl groups is 1. The van der Waals surface area contributed by atoms with E-state index in [0.29, 0.717) is 23.6 Å². The maximum Gasteiger partial charge on any atom is 0.260 e. The molecule has 0 saturated heterocycles. The molecule has 1 amide bonds. The van der Waals surface area contributed by atoms with Crippen molar-refractivity contribution in [2.45, 2.75) is 13.3 Å². The van der Waals surface area contributed by atoms with Gasteiger partial charge < -0.3 is 10.0 Å². The number of hydrogen-bond donors (Lipinski definition) is 1. The van der Waals surface area contributed by atoms with E-state index in [4.69, 9.17) is 34.8 Å². The van der Waals surface area contributed by atoms with Gasteiger partial charge in [-0.2, -0.15) is 0 Å². The summed E-state index contributed by atoms with van der Waals surface area (Å²) in [5, 5.41) is 13.4. The smallest absolute Gasteiger partial charge is 0.260 e. The molecule has 0 aliphatic carbocycles. The summed E-state index contributed by atoms with van der Waals surface area (Å²) in [7, 11) is 0. The first-order valence-corrected chi connectivity index (χ1v) is 9.06. The van der Waals surface area contributed by atoms with Crippen molar-refractivity contribution < 1.29 is 9.90 Å². The number of carbonyl (C=O) groups excluding carboxylic acids is 1. The summed E-state index contributed by atoms with van der Waals surface area (Å²) in [6.07, 6.45) is 0.479. The van der Waals surface area contributed by atoms with E-state index in [-0.39, 0.29) is 22.6 Å². The van der Waals surface area contributed by atoms with Crippen LogP contribution in [-0.2, 0) is 0 Å². The molecule has 3 aromatic carbocycles. The Kier molecular flexibility index (Phi) is 4.08. The van der Waals surface area contributed by atoms with Crippen LogP contribution in [0.25, 0.3) is 21.5 Å². The van der Waals surface area contributed by atoms with Gasteiger partial charge in [0.15, 0.2) is 0 Å². The van der Waals surface area contributed by atoms with Crippen LogP contribution < -0.4 is 4.90 Å². The first-order chi connectivity index (χ1) is 12.0. The lowest BCUT2D eigenvalue weighted by Gasteiger charge is -2.20. The predicted octanol–water partition coefficient (Wildman–Crippen LogP) is 5.60. The van der Waals surface area contributed by atoms with Gasteiger partial charge in [0.2, 0.25) is 0 Å². The number of aryl methyl sites for hydroxylation is 1. The van der Waals surface area contributed by atoms with Crippen LogP contribution in [-0.4, -0.2) is 24.2 Å². The van der Waals surface area contributed by atoms with E-state index in [2.05, 4.69) is 0 Å². The second-order valence-electron chi connectivity index (χ2n) is 6.12. The van der Waals surface area contributed by atoms with E-state index in [0.717, 1.165) is 32.8 Å². The van der Waals surface area contributed by atoms with Crippen LogP contribution in [0.4, 0.5) is 5.69 Å². The average Bonchev–Trinajstić information content (AvgIpc) is 2.90. The first-order valence-electron chi connectivity index (χ1n) is 7.93. The summed E-state index contributed by atoms with van der Waals surface area (Å²) in [5.74, 6) is -0.199. The van der Waals surface area contributed by atoms with Gasteiger partial charge in [0.25, 0.3) is 5.91 Å². The van der Waals surface area contributed by atoms with E-state index < -0.39 is 0 Å². The maximum absolute atomic E-state index is 13.1. The number of nitrogens with zero attached hydrogens (tertiary/aromatic N) is 1. The lowest BCUT2D eigenvalue weighted by Crippen LogP contribution is -2.29. The molecule has 0 saturated carbocycles. The Labute approximate surface area is 159 Å². The number of rotatable bonds is 3. The van der Waals surface area contributed by atoms with Crippen molar-refractivity contribution in [1.82, 2.24) is 0 Å². The average molecular weight is 395 g/mol. The third-order valence-electron chi connectivity index (χ3n) is 4.79. The molecule has 128 valence electrons. The van der Waals surface area contributed by atoms with Crippen molar-refractivity contribution in [2.75, 3.05) is 18.1 Å². The highest BCUT2D eigenvalue weighted by Crippen LogP contribution is 2.52. The van der Waals surface area contributed by atoms with Gasteiger partial charge in [0.05, 0.1) is 26.3 Å². The summed E-state index contributed by atoms with van der Waals surface area (Å²) in [6.45, 7) is 2.40.